The molecule has 0 rings (SSSR count). The zero-order chi connectivity index (χ0) is 9.94. The fourth-order valence-corrected chi connectivity index (χ4v) is 0.917. The van der Waals surface area contributed by atoms with Gasteiger partial charge in [-0.15, -0.1) is 0 Å². The van der Waals surface area contributed by atoms with Crippen molar-refractivity contribution in [3.63, 3.8) is 0 Å². The molecule has 0 amide bonds. The van der Waals surface area contributed by atoms with Crippen molar-refractivity contribution in [3.05, 3.63) is 0 Å². The second-order valence-corrected chi connectivity index (χ2v) is 3.50. The zero-order valence-electron chi connectivity index (χ0n) is 8.17. The molecular weight excluding hydrogens is 236 g/mol. The molecule has 0 heterocycles. The van der Waals surface area contributed by atoms with Crippen LogP contribution in [0.5, 0.6) is 0 Å². The van der Waals surface area contributed by atoms with Crippen molar-refractivity contribution < 1.29 is 14.6 Å². The number of hydrogen-bond donors (Lipinski definition) is 1. The smallest absolute Gasteiger partial charge is 0.0870 e. The van der Waals surface area contributed by atoms with Crippen LogP contribution < -0.4 is 0 Å². The van der Waals surface area contributed by atoms with Crippen LogP contribution in [0, 0.1) is 0 Å². The molecule has 1 N–H and O–H groups in total. The number of alkyl halides is 1. The van der Waals surface area contributed by atoms with Crippen molar-refractivity contribution >= 4 is 15.9 Å². The van der Waals surface area contributed by atoms with Crippen molar-refractivity contribution in [1.82, 2.24) is 0 Å². The molecule has 0 aliphatic rings. The molecule has 0 aromatic rings. The number of hydrogen-bond acceptors (Lipinski definition) is 3. The topological polar surface area (TPSA) is 38.7 Å². The van der Waals surface area contributed by atoms with E-state index in [9.17, 15) is 0 Å². The Morgan fingerprint density at radius 3 is 2.54 bits per heavy atom. The summed E-state index contributed by atoms with van der Waals surface area (Å²) in [4.78, 5) is 0. The van der Waals surface area contributed by atoms with E-state index in [0.717, 1.165) is 19.4 Å². The predicted molar refractivity (Wildman–Crippen MR) is 56.3 cm³/mol. The van der Waals surface area contributed by atoms with E-state index >= 15 is 0 Å². The lowest BCUT2D eigenvalue weighted by atomic mass is 10.4. The SMILES string of the molecule is CCCCOCCOCC(O)CBr. The van der Waals surface area contributed by atoms with Crippen LogP contribution in [0.15, 0.2) is 0 Å². The highest BCUT2D eigenvalue weighted by Gasteiger charge is 2.00. The standard InChI is InChI=1S/C9H19BrO3/c1-2-3-4-12-5-6-13-8-9(11)7-10/h9,11H,2-8H2,1H3. The molecule has 0 saturated carbocycles. The lowest BCUT2D eigenvalue weighted by molar-refractivity contribution is 0.0108. The fraction of sp³-hybridized carbons (Fsp3) is 1.00. The Labute approximate surface area is 88.5 Å². The Morgan fingerprint density at radius 2 is 1.92 bits per heavy atom. The summed E-state index contributed by atoms with van der Waals surface area (Å²) in [6, 6.07) is 0. The third-order valence-electron chi connectivity index (χ3n) is 1.50. The second kappa shape index (κ2) is 10.4. The number of aliphatic hydroxyl groups is 1. The summed E-state index contributed by atoms with van der Waals surface area (Å²) < 4.78 is 10.4. The first-order chi connectivity index (χ1) is 6.31. The summed E-state index contributed by atoms with van der Waals surface area (Å²) in [6.07, 6.45) is 1.85. The molecular formula is C9H19BrO3. The van der Waals surface area contributed by atoms with E-state index < -0.39 is 6.10 Å². The summed E-state index contributed by atoms with van der Waals surface area (Å²) in [5.74, 6) is 0. The number of halogens is 1. The lowest BCUT2D eigenvalue weighted by Gasteiger charge is -2.08. The number of unbranched alkanes of at least 4 members (excludes halogenated alkanes) is 1. The highest BCUT2D eigenvalue weighted by Crippen LogP contribution is 1.92. The van der Waals surface area contributed by atoms with Gasteiger partial charge in [0.15, 0.2) is 0 Å². The molecule has 0 aromatic heterocycles. The Bertz CT molecular complexity index is 101. The molecule has 0 aliphatic carbocycles. The van der Waals surface area contributed by atoms with Crippen LogP contribution in [0.1, 0.15) is 19.8 Å². The molecule has 1 unspecified atom stereocenters. The summed E-state index contributed by atoms with van der Waals surface area (Å²) in [6.45, 7) is 4.50. The molecule has 0 saturated heterocycles. The molecule has 0 fully saturated rings. The Balaban J connectivity index is 2.91. The van der Waals surface area contributed by atoms with Gasteiger partial charge in [-0.25, -0.2) is 0 Å². The fourth-order valence-electron chi connectivity index (χ4n) is 0.730. The number of rotatable bonds is 9. The van der Waals surface area contributed by atoms with Gasteiger partial charge in [0.2, 0.25) is 0 Å². The Kier molecular flexibility index (Phi) is 10.7. The molecule has 80 valence electrons. The van der Waals surface area contributed by atoms with Crippen LogP contribution in [-0.2, 0) is 9.47 Å². The first-order valence-electron chi connectivity index (χ1n) is 4.70. The van der Waals surface area contributed by atoms with Crippen LogP contribution in [0.4, 0.5) is 0 Å². The van der Waals surface area contributed by atoms with Crippen LogP contribution in [-0.4, -0.2) is 43.0 Å². The first kappa shape index (κ1) is 13.4. The van der Waals surface area contributed by atoms with Gasteiger partial charge in [-0.05, 0) is 6.42 Å². The minimum atomic E-state index is -0.407. The highest BCUT2D eigenvalue weighted by atomic mass is 79.9. The van der Waals surface area contributed by atoms with E-state index in [0.29, 0.717) is 25.2 Å². The molecule has 0 bridgehead atoms. The number of ether oxygens (including phenoxy) is 2. The summed E-state index contributed by atoms with van der Waals surface area (Å²) in [5, 5.41) is 9.65. The molecule has 1 atom stereocenters. The van der Waals surface area contributed by atoms with Gasteiger partial charge in [-0.1, -0.05) is 29.3 Å². The van der Waals surface area contributed by atoms with Gasteiger partial charge in [-0.3, -0.25) is 0 Å². The quantitative estimate of drug-likeness (QED) is 0.502. The molecule has 3 nitrogen and oxygen atoms in total. The maximum Gasteiger partial charge on any atom is 0.0870 e. The van der Waals surface area contributed by atoms with E-state index in [1.54, 1.807) is 0 Å². The first-order valence-corrected chi connectivity index (χ1v) is 5.83. The van der Waals surface area contributed by atoms with Crippen molar-refractivity contribution in [2.24, 2.45) is 0 Å². The van der Waals surface area contributed by atoms with Gasteiger partial charge in [0, 0.05) is 11.9 Å². The maximum atomic E-state index is 9.09. The van der Waals surface area contributed by atoms with E-state index in [4.69, 9.17) is 14.6 Å². The number of aliphatic hydroxyl groups excluding tert-OH is 1. The molecule has 4 heteroatoms. The minimum Gasteiger partial charge on any atom is -0.390 e. The summed E-state index contributed by atoms with van der Waals surface area (Å²) >= 11 is 3.16. The van der Waals surface area contributed by atoms with E-state index in [1.165, 1.54) is 0 Å². The predicted octanol–water partition coefficient (Wildman–Crippen LogP) is 1.58. The molecule has 0 aliphatic heterocycles. The average molecular weight is 255 g/mol. The Hall–Kier alpha value is 0.360. The lowest BCUT2D eigenvalue weighted by Crippen LogP contribution is -2.18. The second-order valence-electron chi connectivity index (χ2n) is 2.85. The van der Waals surface area contributed by atoms with Crippen molar-refractivity contribution in [2.75, 3.05) is 31.8 Å². The zero-order valence-corrected chi connectivity index (χ0v) is 9.75. The normalized spacial score (nSPS) is 13.2. The average Bonchev–Trinajstić information content (AvgIpc) is 2.16. The van der Waals surface area contributed by atoms with Gasteiger partial charge in [0.1, 0.15) is 0 Å². The van der Waals surface area contributed by atoms with Crippen LogP contribution in [0.3, 0.4) is 0 Å². The largest absolute Gasteiger partial charge is 0.390 e. The van der Waals surface area contributed by atoms with Crippen LogP contribution >= 0.6 is 15.9 Å². The maximum absolute atomic E-state index is 9.09. The van der Waals surface area contributed by atoms with Gasteiger partial charge in [0.25, 0.3) is 0 Å². The molecule has 0 aromatic carbocycles. The van der Waals surface area contributed by atoms with Crippen LogP contribution in [0.2, 0.25) is 0 Å². The van der Waals surface area contributed by atoms with Crippen molar-refractivity contribution in [3.8, 4) is 0 Å². The summed E-state index contributed by atoms with van der Waals surface area (Å²) in [7, 11) is 0. The van der Waals surface area contributed by atoms with Crippen molar-refractivity contribution in [1.29, 1.82) is 0 Å². The van der Waals surface area contributed by atoms with E-state index in [1.807, 2.05) is 0 Å². The van der Waals surface area contributed by atoms with E-state index in [2.05, 4.69) is 22.9 Å². The molecule has 13 heavy (non-hydrogen) atoms. The van der Waals surface area contributed by atoms with E-state index in [-0.39, 0.29) is 0 Å². The van der Waals surface area contributed by atoms with Crippen molar-refractivity contribution in [2.45, 2.75) is 25.9 Å². The van der Waals surface area contributed by atoms with Crippen LogP contribution in [0.25, 0.3) is 0 Å². The van der Waals surface area contributed by atoms with Gasteiger partial charge < -0.3 is 14.6 Å². The third-order valence-corrected chi connectivity index (χ3v) is 2.25. The third kappa shape index (κ3) is 10.3. The highest BCUT2D eigenvalue weighted by molar-refractivity contribution is 9.09. The van der Waals surface area contributed by atoms with Gasteiger partial charge >= 0.3 is 0 Å². The molecule has 0 radical (unpaired) electrons. The Morgan fingerprint density at radius 1 is 1.23 bits per heavy atom. The molecule has 0 spiro atoms. The summed E-state index contributed by atoms with van der Waals surface area (Å²) in [5.41, 5.74) is 0. The monoisotopic (exact) mass is 254 g/mol. The van der Waals surface area contributed by atoms with Gasteiger partial charge in [-0.2, -0.15) is 0 Å². The minimum absolute atomic E-state index is 0.377. The van der Waals surface area contributed by atoms with Gasteiger partial charge in [0.05, 0.1) is 25.9 Å².